The van der Waals surface area contributed by atoms with Gasteiger partial charge in [0.1, 0.15) is 5.82 Å². The maximum absolute atomic E-state index is 12.5. The van der Waals surface area contributed by atoms with Gasteiger partial charge in [-0.1, -0.05) is 0 Å². The number of hydrogen-bond acceptors (Lipinski definition) is 3. The van der Waals surface area contributed by atoms with E-state index in [1.165, 1.54) is 0 Å². The predicted octanol–water partition coefficient (Wildman–Crippen LogP) is 0.634. The second-order valence-electron chi connectivity index (χ2n) is 2.87. The molecule has 0 fully saturated rings. The fraction of sp³-hybridized carbons (Fsp3) is 0.429. The number of carbonyl (C=O) groups is 1. The van der Waals surface area contributed by atoms with Gasteiger partial charge < -0.3 is 15.2 Å². The lowest BCUT2D eigenvalue weighted by Gasteiger charge is -2.26. The van der Waals surface area contributed by atoms with Crippen LogP contribution in [0.15, 0.2) is 12.4 Å². The van der Waals surface area contributed by atoms with Crippen LogP contribution in [0.25, 0.3) is 0 Å². The van der Waals surface area contributed by atoms with Crippen LogP contribution in [0.4, 0.5) is 13.2 Å². The normalized spacial score (nSPS) is 16.0. The van der Waals surface area contributed by atoms with Crippen LogP contribution in [0.3, 0.4) is 0 Å². The van der Waals surface area contributed by atoms with Crippen molar-refractivity contribution in [2.45, 2.75) is 18.2 Å². The van der Waals surface area contributed by atoms with E-state index in [9.17, 15) is 23.1 Å². The summed E-state index contributed by atoms with van der Waals surface area (Å²) >= 11 is 0. The van der Waals surface area contributed by atoms with Crippen molar-refractivity contribution in [1.29, 1.82) is 0 Å². The molecular formula is C7H7F3N2O3. The Labute approximate surface area is 81.6 Å². The summed E-state index contributed by atoms with van der Waals surface area (Å²) in [6.45, 7) is 0. The summed E-state index contributed by atoms with van der Waals surface area (Å²) < 4.78 is 37.4. The molecule has 3 N–H and O–H groups in total. The number of aromatic nitrogens is 2. The Morgan fingerprint density at radius 1 is 1.53 bits per heavy atom. The fourth-order valence-corrected chi connectivity index (χ4v) is 1.03. The summed E-state index contributed by atoms with van der Waals surface area (Å²) in [5, 5.41) is 17.6. The first-order chi connectivity index (χ1) is 6.77. The van der Waals surface area contributed by atoms with Crippen molar-refractivity contribution in [2.24, 2.45) is 0 Å². The van der Waals surface area contributed by atoms with Crippen LogP contribution < -0.4 is 0 Å². The minimum Gasteiger partial charge on any atom is -0.481 e. The number of carboxylic acid groups (broad SMARTS) is 1. The SMILES string of the molecule is O=C(O)C[C@](O)(c1ncc[nH]1)C(F)(F)F. The molecule has 1 aromatic rings. The fourth-order valence-electron chi connectivity index (χ4n) is 1.03. The summed E-state index contributed by atoms with van der Waals surface area (Å²) in [6, 6.07) is 0. The Morgan fingerprint density at radius 3 is 2.47 bits per heavy atom. The van der Waals surface area contributed by atoms with Crippen molar-refractivity contribution >= 4 is 5.97 Å². The topological polar surface area (TPSA) is 86.2 Å². The third-order valence-electron chi connectivity index (χ3n) is 1.77. The summed E-state index contributed by atoms with van der Waals surface area (Å²) in [4.78, 5) is 15.5. The number of imidazole rings is 1. The van der Waals surface area contributed by atoms with E-state index in [4.69, 9.17) is 5.11 Å². The van der Waals surface area contributed by atoms with E-state index in [2.05, 4.69) is 4.98 Å². The number of hydrogen-bond donors (Lipinski definition) is 3. The molecule has 15 heavy (non-hydrogen) atoms. The standard InChI is InChI=1S/C7H7F3N2O3/c8-7(9,10)6(15,3-4(13)14)5-11-1-2-12-5/h1-2,15H,3H2,(H,11,12)(H,13,14)/t6-/m0/s1. The van der Waals surface area contributed by atoms with Gasteiger partial charge >= 0.3 is 12.1 Å². The molecule has 0 unspecified atom stereocenters. The number of aliphatic hydroxyl groups is 1. The van der Waals surface area contributed by atoms with Gasteiger partial charge in [-0.2, -0.15) is 13.2 Å². The molecule has 8 heteroatoms. The summed E-state index contributed by atoms with van der Waals surface area (Å²) in [5.74, 6) is -2.61. The van der Waals surface area contributed by atoms with Crippen molar-refractivity contribution in [2.75, 3.05) is 0 Å². The highest BCUT2D eigenvalue weighted by Crippen LogP contribution is 2.39. The van der Waals surface area contributed by atoms with Crippen molar-refractivity contribution in [3.8, 4) is 0 Å². The first-order valence-electron chi connectivity index (χ1n) is 3.78. The largest absolute Gasteiger partial charge is 0.481 e. The molecule has 0 aliphatic heterocycles. The van der Waals surface area contributed by atoms with Gasteiger partial charge in [0.15, 0.2) is 0 Å². The lowest BCUT2D eigenvalue weighted by Crippen LogP contribution is -2.45. The maximum atomic E-state index is 12.5. The zero-order chi connectivity index (χ0) is 11.7. The number of carboxylic acids is 1. The molecule has 0 saturated heterocycles. The van der Waals surface area contributed by atoms with E-state index in [0.717, 1.165) is 12.4 Å². The smallest absolute Gasteiger partial charge is 0.425 e. The zero-order valence-corrected chi connectivity index (χ0v) is 7.25. The van der Waals surface area contributed by atoms with Crippen LogP contribution in [0.2, 0.25) is 0 Å². The second kappa shape index (κ2) is 3.54. The van der Waals surface area contributed by atoms with Crippen LogP contribution in [0.5, 0.6) is 0 Å². The Morgan fingerprint density at radius 2 is 2.13 bits per heavy atom. The van der Waals surface area contributed by atoms with E-state index in [1.54, 1.807) is 0 Å². The molecule has 0 saturated carbocycles. The number of aromatic amines is 1. The van der Waals surface area contributed by atoms with Crippen LogP contribution >= 0.6 is 0 Å². The van der Waals surface area contributed by atoms with Crippen molar-refractivity contribution in [3.05, 3.63) is 18.2 Å². The van der Waals surface area contributed by atoms with Gasteiger partial charge in [-0.05, 0) is 0 Å². The van der Waals surface area contributed by atoms with Gasteiger partial charge in [-0.25, -0.2) is 4.98 Å². The molecule has 5 nitrogen and oxygen atoms in total. The maximum Gasteiger partial charge on any atom is 0.425 e. The van der Waals surface area contributed by atoms with Crippen LogP contribution in [-0.4, -0.2) is 32.3 Å². The molecule has 1 rings (SSSR count). The monoisotopic (exact) mass is 224 g/mol. The molecule has 1 atom stereocenters. The molecular weight excluding hydrogens is 217 g/mol. The van der Waals surface area contributed by atoms with Crippen LogP contribution in [0, 0.1) is 0 Å². The van der Waals surface area contributed by atoms with E-state index in [0.29, 0.717) is 0 Å². The van der Waals surface area contributed by atoms with Gasteiger partial charge in [0.25, 0.3) is 0 Å². The van der Waals surface area contributed by atoms with Gasteiger partial charge in [0.05, 0.1) is 6.42 Å². The minimum atomic E-state index is -5.11. The zero-order valence-electron chi connectivity index (χ0n) is 7.25. The van der Waals surface area contributed by atoms with Crippen molar-refractivity contribution in [3.63, 3.8) is 0 Å². The predicted molar refractivity (Wildman–Crippen MR) is 40.8 cm³/mol. The van der Waals surface area contributed by atoms with Crippen molar-refractivity contribution < 1.29 is 28.2 Å². The number of halogens is 3. The third-order valence-corrected chi connectivity index (χ3v) is 1.77. The molecule has 0 radical (unpaired) electrons. The lowest BCUT2D eigenvalue weighted by atomic mass is 9.98. The molecule has 0 aliphatic rings. The summed E-state index contributed by atoms with van der Waals surface area (Å²) in [6.07, 6.45) is -4.55. The van der Waals surface area contributed by atoms with Gasteiger partial charge in [0, 0.05) is 12.4 Å². The number of nitrogens with one attached hydrogen (secondary N) is 1. The van der Waals surface area contributed by atoms with Crippen LogP contribution in [-0.2, 0) is 10.4 Å². The van der Waals surface area contributed by atoms with E-state index >= 15 is 0 Å². The highest BCUT2D eigenvalue weighted by molar-refractivity contribution is 5.68. The van der Waals surface area contributed by atoms with Gasteiger partial charge in [-0.15, -0.1) is 0 Å². The lowest BCUT2D eigenvalue weighted by molar-refractivity contribution is -0.271. The Hall–Kier alpha value is -1.57. The number of nitrogens with zero attached hydrogens (tertiary/aromatic N) is 1. The Balaban J connectivity index is 3.13. The molecule has 84 valence electrons. The van der Waals surface area contributed by atoms with Gasteiger partial charge in [0.2, 0.25) is 5.60 Å². The van der Waals surface area contributed by atoms with Crippen LogP contribution in [0.1, 0.15) is 12.2 Å². The minimum absolute atomic E-state index is 0.836. The van der Waals surface area contributed by atoms with Crippen molar-refractivity contribution in [1.82, 2.24) is 9.97 Å². The highest BCUT2D eigenvalue weighted by Gasteiger charge is 2.58. The Bertz CT molecular complexity index is 349. The van der Waals surface area contributed by atoms with E-state index in [-0.39, 0.29) is 0 Å². The van der Waals surface area contributed by atoms with E-state index in [1.807, 2.05) is 4.98 Å². The molecule has 0 bridgehead atoms. The van der Waals surface area contributed by atoms with E-state index < -0.39 is 30.0 Å². The molecule has 0 aliphatic carbocycles. The van der Waals surface area contributed by atoms with Gasteiger partial charge in [-0.3, -0.25) is 4.79 Å². The quantitative estimate of drug-likeness (QED) is 0.702. The average molecular weight is 224 g/mol. The first kappa shape index (κ1) is 11.5. The third kappa shape index (κ3) is 2.09. The molecule has 1 aromatic heterocycles. The summed E-state index contributed by atoms with van der Waals surface area (Å²) in [7, 11) is 0. The summed E-state index contributed by atoms with van der Waals surface area (Å²) in [5.41, 5.74) is -3.48. The average Bonchev–Trinajstić information content (AvgIpc) is 2.51. The highest BCUT2D eigenvalue weighted by atomic mass is 19.4. The Kier molecular flexibility index (Phi) is 2.71. The first-order valence-corrected chi connectivity index (χ1v) is 3.78. The number of aliphatic carboxylic acids is 1. The second-order valence-corrected chi connectivity index (χ2v) is 2.87. The number of rotatable bonds is 3. The molecule has 0 aromatic carbocycles. The number of alkyl halides is 3. The molecule has 0 spiro atoms. The molecule has 1 heterocycles. The number of H-pyrrole nitrogens is 1. The molecule has 0 amide bonds.